The predicted octanol–water partition coefficient (Wildman–Crippen LogP) is 4.29. The van der Waals surface area contributed by atoms with Crippen LogP contribution < -0.4 is 5.73 Å². The molecule has 0 unspecified atom stereocenters. The molecule has 5 saturated carbocycles. The van der Waals surface area contributed by atoms with Crippen molar-refractivity contribution in [2.45, 2.75) is 76.2 Å². The van der Waals surface area contributed by atoms with Crippen LogP contribution in [-0.2, 0) is 0 Å². The molecule has 0 heterocycles. The number of hydrogen-bond donors (Lipinski definition) is 1. The molecule has 18 heavy (non-hydrogen) atoms. The molecule has 4 bridgehead atoms. The van der Waals surface area contributed by atoms with Gasteiger partial charge in [-0.05, 0) is 74.5 Å². The molecule has 5 fully saturated rings. The van der Waals surface area contributed by atoms with E-state index in [0.29, 0.717) is 5.41 Å². The van der Waals surface area contributed by atoms with E-state index >= 15 is 0 Å². The van der Waals surface area contributed by atoms with Gasteiger partial charge in [0.2, 0.25) is 0 Å². The van der Waals surface area contributed by atoms with E-state index in [1.165, 1.54) is 51.4 Å². The zero-order valence-corrected chi connectivity index (χ0v) is 12.3. The summed E-state index contributed by atoms with van der Waals surface area (Å²) in [5, 5.41) is 0. The van der Waals surface area contributed by atoms with Crippen molar-refractivity contribution < 1.29 is 0 Å². The largest absolute Gasteiger partial charge is 0.325 e. The fraction of sp³-hybridized carbons (Fsp3) is 1.00. The highest BCUT2D eigenvalue weighted by Crippen LogP contribution is 2.65. The molecule has 2 heteroatoms. The lowest BCUT2D eigenvalue weighted by molar-refractivity contribution is -0.106. The van der Waals surface area contributed by atoms with Gasteiger partial charge in [0.15, 0.2) is 0 Å². The Morgan fingerprint density at radius 3 is 1.61 bits per heavy atom. The van der Waals surface area contributed by atoms with Crippen molar-refractivity contribution in [1.29, 1.82) is 0 Å². The fourth-order valence-corrected chi connectivity index (χ4v) is 6.43. The summed E-state index contributed by atoms with van der Waals surface area (Å²) in [5.74, 6) is 3.18. The fourth-order valence-electron chi connectivity index (χ4n) is 6.43. The van der Waals surface area contributed by atoms with Crippen molar-refractivity contribution in [2.75, 3.05) is 0 Å². The minimum atomic E-state index is 0. The zero-order valence-electron chi connectivity index (χ0n) is 11.5. The van der Waals surface area contributed by atoms with Crippen molar-refractivity contribution in [1.82, 2.24) is 0 Å². The minimum absolute atomic E-state index is 0. The van der Waals surface area contributed by atoms with Crippen LogP contribution in [0.4, 0.5) is 0 Å². The van der Waals surface area contributed by atoms with E-state index in [-0.39, 0.29) is 17.9 Å². The van der Waals surface area contributed by atoms with Crippen LogP contribution in [0.15, 0.2) is 0 Å². The van der Waals surface area contributed by atoms with Crippen molar-refractivity contribution in [3.05, 3.63) is 0 Å². The Labute approximate surface area is 118 Å². The van der Waals surface area contributed by atoms with Gasteiger partial charge in [-0.3, -0.25) is 0 Å². The van der Waals surface area contributed by atoms with Gasteiger partial charge in [0.05, 0.1) is 0 Å². The summed E-state index contributed by atoms with van der Waals surface area (Å²) in [4.78, 5) is 0. The summed E-state index contributed by atoms with van der Waals surface area (Å²) in [7, 11) is 0. The third kappa shape index (κ3) is 1.77. The molecule has 0 amide bonds. The Morgan fingerprint density at radius 1 is 0.722 bits per heavy atom. The minimum Gasteiger partial charge on any atom is -0.325 e. The van der Waals surface area contributed by atoms with Crippen LogP contribution in [0.25, 0.3) is 0 Å². The summed E-state index contributed by atoms with van der Waals surface area (Å²) in [6.07, 6.45) is 16.0. The van der Waals surface area contributed by atoms with Gasteiger partial charge < -0.3 is 5.73 Å². The second-order valence-electron chi connectivity index (χ2n) is 7.91. The van der Waals surface area contributed by atoms with Crippen molar-refractivity contribution in [3.63, 3.8) is 0 Å². The second-order valence-corrected chi connectivity index (χ2v) is 7.91. The maximum atomic E-state index is 6.96. The molecule has 0 aromatic carbocycles. The maximum Gasteiger partial charge on any atom is 0.0211 e. The summed E-state index contributed by atoms with van der Waals surface area (Å²) < 4.78 is 0. The lowest BCUT2D eigenvalue weighted by atomic mass is 9.43. The Hall–Kier alpha value is 0.250. The van der Waals surface area contributed by atoms with E-state index in [9.17, 15) is 0 Å². The van der Waals surface area contributed by atoms with Gasteiger partial charge in [0, 0.05) is 5.54 Å². The Morgan fingerprint density at radius 2 is 1.17 bits per heavy atom. The summed E-state index contributed by atoms with van der Waals surface area (Å²) >= 11 is 0. The molecule has 0 atom stereocenters. The Bertz CT molecular complexity index is 284. The molecule has 2 N–H and O–H groups in total. The van der Waals surface area contributed by atoms with Gasteiger partial charge in [0.1, 0.15) is 0 Å². The molecule has 0 radical (unpaired) electrons. The molecule has 1 nitrogen and oxygen atoms in total. The summed E-state index contributed by atoms with van der Waals surface area (Å²) in [5.41, 5.74) is 7.78. The lowest BCUT2D eigenvalue weighted by Crippen LogP contribution is -2.63. The van der Waals surface area contributed by atoms with E-state index in [1.807, 2.05) is 0 Å². The van der Waals surface area contributed by atoms with Gasteiger partial charge in [-0.1, -0.05) is 19.3 Å². The van der Waals surface area contributed by atoms with Crippen molar-refractivity contribution >= 4 is 12.4 Å². The number of hydrogen-bond acceptors (Lipinski definition) is 1. The highest BCUT2D eigenvalue weighted by molar-refractivity contribution is 5.85. The van der Waals surface area contributed by atoms with Crippen molar-refractivity contribution in [3.8, 4) is 0 Å². The SMILES string of the molecule is Cl.NC1(C23CC4CC(CC(C4)C2)C3)CCCCC1. The third-order valence-electron chi connectivity index (χ3n) is 6.84. The smallest absolute Gasteiger partial charge is 0.0211 e. The summed E-state index contributed by atoms with van der Waals surface area (Å²) in [6, 6.07) is 0. The average Bonchev–Trinajstić information content (AvgIpc) is 2.28. The molecule has 0 aromatic heterocycles. The standard InChI is InChI=1S/C16H27N.ClH/c17-16(4-2-1-3-5-16)15-9-12-6-13(10-15)8-14(7-12)11-15;/h12-14H,1-11,17H2;1H. The molecule has 0 spiro atoms. The first kappa shape index (κ1) is 13.2. The van der Waals surface area contributed by atoms with E-state index in [0.717, 1.165) is 17.8 Å². The van der Waals surface area contributed by atoms with Crippen LogP contribution >= 0.6 is 12.4 Å². The lowest BCUT2D eigenvalue weighted by Gasteiger charge is -2.64. The molecule has 5 aliphatic rings. The summed E-state index contributed by atoms with van der Waals surface area (Å²) in [6.45, 7) is 0. The van der Waals surface area contributed by atoms with Gasteiger partial charge >= 0.3 is 0 Å². The van der Waals surface area contributed by atoms with Crippen LogP contribution in [-0.4, -0.2) is 5.54 Å². The molecule has 0 aromatic rings. The average molecular weight is 270 g/mol. The predicted molar refractivity (Wildman–Crippen MR) is 77.9 cm³/mol. The third-order valence-corrected chi connectivity index (χ3v) is 6.84. The molecular weight excluding hydrogens is 242 g/mol. The highest BCUT2D eigenvalue weighted by atomic mass is 35.5. The second kappa shape index (κ2) is 4.38. The molecule has 104 valence electrons. The van der Waals surface area contributed by atoms with Gasteiger partial charge in [-0.25, -0.2) is 0 Å². The molecule has 0 saturated heterocycles. The van der Waals surface area contributed by atoms with Crippen LogP contribution in [0.3, 0.4) is 0 Å². The quantitative estimate of drug-likeness (QED) is 0.755. The van der Waals surface area contributed by atoms with E-state index in [4.69, 9.17) is 5.73 Å². The number of nitrogens with two attached hydrogens (primary N) is 1. The normalized spacial score (nSPS) is 48.8. The molecular formula is C16H28ClN. The van der Waals surface area contributed by atoms with Gasteiger partial charge in [-0.2, -0.15) is 0 Å². The highest BCUT2D eigenvalue weighted by Gasteiger charge is 2.58. The van der Waals surface area contributed by atoms with E-state index < -0.39 is 0 Å². The van der Waals surface area contributed by atoms with E-state index in [1.54, 1.807) is 19.3 Å². The Balaban J connectivity index is 0.000001000. The molecule has 5 aliphatic carbocycles. The van der Waals surface area contributed by atoms with Crippen LogP contribution in [0.1, 0.15) is 70.6 Å². The first-order valence-electron chi connectivity index (χ1n) is 7.98. The molecule has 0 aliphatic heterocycles. The van der Waals surface area contributed by atoms with Gasteiger partial charge in [0.25, 0.3) is 0 Å². The van der Waals surface area contributed by atoms with Crippen LogP contribution in [0.2, 0.25) is 0 Å². The van der Waals surface area contributed by atoms with Crippen molar-refractivity contribution in [2.24, 2.45) is 28.9 Å². The van der Waals surface area contributed by atoms with Gasteiger partial charge in [-0.15, -0.1) is 12.4 Å². The molecule has 5 rings (SSSR count). The zero-order chi connectivity index (χ0) is 11.5. The Kier molecular flexibility index (Phi) is 3.22. The monoisotopic (exact) mass is 269 g/mol. The van der Waals surface area contributed by atoms with E-state index in [2.05, 4.69) is 0 Å². The number of rotatable bonds is 1. The number of halogens is 1. The first-order valence-corrected chi connectivity index (χ1v) is 7.98. The van der Waals surface area contributed by atoms with Crippen LogP contribution in [0, 0.1) is 23.2 Å². The van der Waals surface area contributed by atoms with Crippen LogP contribution in [0.5, 0.6) is 0 Å². The maximum absolute atomic E-state index is 6.96. The topological polar surface area (TPSA) is 26.0 Å². The first-order chi connectivity index (χ1) is 8.19.